The van der Waals surface area contributed by atoms with Crippen molar-refractivity contribution in [2.75, 3.05) is 13.7 Å². The first-order chi connectivity index (χ1) is 10.2. The smallest absolute Gasteiger partial charge is 0.407 e. The molecule has 0 aromatic heterocycles. The quantitative estimate of drug-likeness (QED) is 0.760. The molecule has 1 rings (SSSR count). The van der Waals surface area contributed by atoms with Crippen molar-refractivity contribution in [1.82, 2.24) is 5.32 Å². The zero-order valence-corrected chi connectivity index (χ0v) is 14.1. The Kier molecular flexibility index (Phi) is 7.13. The van der Waals surface area contributed by atoms with Crippen LogP contribution in [0, 0.1) is 11.8 Å². The molecule has 22 heavy (non-hydrogen) atoms. The van der Waals surface area contributed by atoms with Crippen LogP contribution < -0.4 is 5.32 Å². The number of amides is 1. The van der Waals surface area contributed by atoms with Crippen LogP contribution in [-0.4, -0.2) is 42.5 Å². The van der Waals surface area contributed by atoms with Gasteiger partial charge in [-0.2, -0.15) is 0 Å². The molecule has 0 heterocycles. The molecular weight excluding hydrogens is 286 g/mol. The second-order valence-electron chi connectivity index (χ2n) is 7.01. The standard InChI is InChI=1S/C16H29NO5/c1-16(2,3)22-15(20)17-13(10-18)9-11-6-5-7-12(8-11)14(19)21-4/h11-13,18H,5-10H2,1-4H3,(H,17,20)/t11?,12?,13-/m0/s1. The van der Waals surface area contributed by atoms with E-state index in [1.807, 2.05) is 0 Å². The van der Waals surface area contributed by atoms with E-state index in [2.05, 4.69) is 5.32 Å². The number of hydrogen-bond donors (Lipinski definition) is 2. The molecule has 1 fully saturated rings. The number of aliphatic hydroxyl groups is 1. The van der Waals surface area contributed by atoms with Gasteiger partial charge in [-0.15, -0.1) is 0 Å². The van der Waals surface area contributed by atoms with Crippen LogP contribution in [0.3, 0.4) is 0 Å². The molecule has 6 nitrogen and oxygen atoms in total. The Morgan fingerprint density at radius 3 is 2.55 bits per heavy atom. The maximum absolute atomic E-state index is 11.8. The second kappa shape index (κ2) is 8.36. The Hall–Kier alpha value is -1.30. The predicted molar refractivity (Wildman–Crippen MR) is 82.3 cm³/mol. The Balaban J connectivity index is 2.48. The molecule has 1 amide bonds. The molecule has 0 saturated heterocycles. The van der Waals surface area contributed by atoms with Gasteiger partial charge in [0.15, 0.2) is 0 Å². The number of alkyl carbamates (subject to hydrolysis) is 1. The lowest BCUT2D eigenvalue weighted by Gasteiger charge is -2.30. The minimum absolute atomic E-state index is 0.0652. The van der Waals surface area contributed by atoms with E-state index in [0.29, 0.717) is 12.3 Å². The minimum Gasteiger partial charge on any atom is -0.469 e. The highest BCUT2D eigenvalue weighted by molar-refractivity contribution is 5.72. The van der Waals surface area contributed by atoms with E-state index in [-0.39, 0.29) is 24.5 Å². The summed E-state index contributed by atoms with van der Waals surface area (Å²) >= 11 is 0. The number of rotatable bonds is 5. The van der Waals surface area contributed by atoms with Crippen molar-refractivity contribution in [3.63, 3.8) is 0 Å². The van der Waals surface area contributed by atoms with Gasteiger partial charge < -0.3 is 19.9 Å². The average molecular weight is 315 g/mol. The van der Waals surface area contributed by atoms with Crippen LogP contribution in [-0.2, 0) is 14.3 Å². The van der Waals surface area contributed by atoms with E-state index in [9.17, 15) is 14.7 Å². The van der Waals surface area contributed by atoms with Gasteiger partial charge in [-0.3, -0.25) is 4.79 Å². The minimum atomic E-state index is -0.565. The summed E-state index contributed by atoms with van der Waals surface area (Å²) in [4.78, 5) is 23.4. The van der Waals surface area contributed by atoms with Crippen LogP contribution in [0.15, 0.2) is 0 Å². The van der Waals surface area contributed by atoms with E-state index in [1.54, 1.807) is 20.8 Å². The first-order valence-corrected chi connectivity index (χ1v) is 7.93. The molecule has 2 unspecified atom stereocenters. The van der Waals surface area contributed by atoms with Gasteiger partial charge in [0.1, 0.15) is 5.60 Å². The van der Waals surface area contributed by atoms with Crippen molar-refractivity contribution in [3.05, 3.63) is 0 Å². The fourth-order valence-corrected chi connectivity index (χ4v) is 2.94. The van der Waals surface area contributed by atoms with Crippen LogP contribution in [0.5, 0.6) is 0 Å². The van der Waals surface area contributed by atoms with Gasteiger partial charge >= 0.3 is 12.1 Å². The average Bonchev–Trinajstić information content (AvgIpc) is 2.44. The Labute approximate surface area is 132 Å². The fourth-order valence-electron chi connectivity index (χ4n) is 2.94. The van der Waals surface area contributed by atoms with Gasteiger partial charge in [0.05, 0.1) is 25.7 Å². The summed E-state index contributed by atoms with van der Waals surface area (Å²) in [5.74, 6) is 0.0694. The molecule has 0 aliphatic heterocycles. The third-order valence-electron chi connectivity index (χ3n) is 3.88. The van der Waals surface area contributed by atoms with E-state index in [4.69, 9.17) is 9.47 Å². The molecule has 1 aliphatic rings. The third-order valence-corrected chi connectivity index (χ3v) is 3.88. The SMILES string of the molecule is COC(=O)C1CCCC(C[C@@H](CO)NC(=O)OC(C)(C)C)C1. The molecule has 1 aliphatic carbocycles. The maximum Gasteiger partial charge on any atom is 0.407 e. The van der Waals surface area contributed by atoms with Crippen molar-refractivity contribution in [2.45, 2.75) is 64.5 Å². The van der Waals surface area contributed by atoms with Crippen LogP contribution in [0.1, 0.15) is 52.9 Å². The molecule has 2 N–H and O–H groups in total. The lowest BCUT2D eigenvalue weighted by molar-refractivity contribution is -0.147. The number of carbonyl (C=O) groups is 2. The molecule has 128 valence electrons. The number of carbonyl (C=O) groups excluding carboxylic acids is 2. The van der Waals surface area contributed by atoms with Crippen molar-refractivity contribution in [1.29, 1.82) is 0 Å². The Morgan fingerprint density at radius 2 is 2.00 bits per heavy atom. The topological polar surface area (TPSA) is 84.9 Å². The number of esters is 1. The van der Waals surface area contributed by atoms with E-state index in [1.165, 1.54) is 7.11 Å². The first kappa shape index (κ1) is 18.7. The monoisotopic (exact) mass is 315 g/mol. The van der Waals surface area contributed by atoms with E-state index in [0.717, 1.165) is 25.7 Å². The molecule has 0 bridgehead atoms. The molecule has 1 saturated carbocycles. The maximum atomic E-state index is 11.8. The van der Waals surface area contributed by atoms with Crippen LogP contribution in [0.4, 0.5) is 4.79 Å². The van der Waals surface area contributed by atoms with Crippen LogP contribution in [0.2, 0.25) is 0 Å². The molecule has 0 radical (unpaired) electrons. The normalized spacial score (nSPS) is 23.5. The first-order valence-electron chi connectivity index (χ1n) is 7.93. The molecule has 6 heteroatoms. The third kappa shape index (κ3) is 6.64. The van der Waals surface area contributed by atoms with Crippen LogP contribution in [0.25, 0.3) is 0 Å². The lowest BCUT2D eigenvalue weighted by Crippen LogP contribution is -2.42. The molecule has 0 spiro atoms. The van der Waals surface area contributed by atoms with Gasteiger partial charge in [0.2, 0.25) is 0 Å². The number of methoxy groups -OCH3 is 1. The van der Waals surface area contributed by atoms with Crippen molar-refractivity contribution in [3.8, 4) is 0 Å². The summed E-state index contributed by atoms with van der Waals surface area (Å²) in [5, 5.41) is 12.2. The van der Waals surface area contributed by atoms with Crippen molar-refractivity contribution >= 4 is 12.1 Å². The summed E-state index contributed by atoms with van der Waals surface area (Å²) in [5.41, 5.74) is -0.565. The molecular formula is C16H29NO5. The summed E-state index contributed by atoms with van der Waals surface area (Å²) in [6, 6.07) is -0.351. The van der Waals surface area contributed by atoms with Crippen molar-refractivity contribution < 1.29 is 24.2 Å². The number of hydrogen-bond acceptors (Lipinski definition) is 5. The largest absolute Gasteiger partial charge is 0.469 e. The summed E-state index contributed by atoms with van der Waals surface area (Å²) in [6.45, 7) is 5.24. The Morgan fingerprint density at radius 1 is 1.32 bits per heavy atom. The van der Waals surface area contributed by atoms with Gasteiger partial charge in [0.25, 0.3) is 0 Å². The van der Waals surface area contributed by atoms with Gasteiger partial charge in [0, 0.05) is 0 Å². The predicted octanol–water partition coefficient (Wildman–Crippen LogP) is 2.24. The van der Waals surface area contributed by atoms with Crippen molar-refractivity contribution in [2.24, 2.45) is 11.8 Å². The highest BCUT2D eigenvalue weighted by Crippen LogP contribution is 2.32. The van der Waals surface area contributed by atoms with Gasteiger partial charge in [-0.1, -0.05) is 12.8 Å². The number of nitrogens with one attached hydrogen (secondary N) is 1. The van der Waals surface area contributed by atoms with Crippen LogP contribution >= 0.6 is 0 Å². The molecule has 0 aromatic carbocycles. The van der Waals surface area contributed by atoms with E-state index >= 15 is 0 Å². The highest BCUT2D eigenvalue weighted by Gasteiger charge is 2.30. The zero-order valence-electron chi connectivity index (χ0n) is 14.1. The number of aliphatic hydroxyl groups excluding tert-OH is 1. The van der Waals surface area contributed by atoms with Gasteiger partial charge in [-0.25, -0.2) is 4.79 Å². The number of ether oxygens (including phenoxy) is 2. The van der Waals surface area contributed by atoms with Gasteiger partial charge in [-0.05, 0) is 46.0 Å². The second-order valence-corrected chi connectivity index (χ2v) is 7.01. The molecule has 3 atom stereocenters. The Bertz CT molecular complexity index is 377. The fraction of sp³-hybridized carbons (Fsp3) is 0.875. The highest BCUT2D eigenvalue weighted by atomic mass is 16.6. The summed E-state index contributed by atoms with van der Waals surface area (Å²) in [6.07, 6.45) is 3.69. The summed E-state index contributed by atoms with van der Waals surface area (Å²) < 4.78 is 10.0. The van der Waals surface area contributed by atoms with E-state index < -0.39 is 11.7 Å². The molecule has 0 aromatic rings. The summed E-state index contributed by atoms with van der Waals surface area (Å²) in [7, 11) is 1.41. The lowest BCUT2D eigenvalue weighted by atomic mass is 9.78. The zero-order chi connectivity index (χ0) is 16.8.